The first-order valence-electron chi connectivity index (χ1n) is 9.65. The molecule has 0 fully saturated rings. The molecule has 158 valence electrons. The molecule has 3 aromatic heterocycles. The first kappa shape index (κ1) is 20.5. The number of hydrogen-bond donors (Lipinski definition) is 3. The molecular weight excluding hydrogens is 398 g/mol. The Labute approximate surface area is 178 Å². The van der Waals surface area contributed by atoms with Gasteiger partial charge < -0.3 is 20.3 Å². The van der Waals surface area contributed by atoms with E-state index in [0.29, 0.717) is 28.5 Å². The van der Waals surface area contributed by atoms with Gasteiger partial charge in [-0.05, 0) is 48.9 Å². The third kappa shape index (κ3) is 4.52. The number of pyridine rings is 1. The van der Waals surface area contributed by atoms with E-state index in [9.17, 15) is 9.90 Å². The largest absolute Gasteiger partial charge is 0.490 e. The van der Waals surface area contributed by atoms with Gasteiger partial charge in [0, 0.05) is 11.8 Å². The molecule has 0 aliphatic rings. The number of aliphatic hydroxyl groups is 2. The number of amides is 1. The fourth-order valence-electron chi connectivity index (χ4n) is 3.00. The molecule has 1 aromatic carbocycles. The van der Waals surface area contributed by atoms with Crippen molar-refractivity contribution < 1.29 is 19.7 Å². The first-order chi connectivity index (χ1) is 15.0. The van der Waals surface area contributed by atoms with Crippen LogP contribution < -0.4 is 10.1 Å². The van der Waals surface area contributed by atoms with E-state index in [1.807, 2.05) is 25.1 Å². The van der Waals surface area contributed by atoms with Gasteiger partial charge in [0.15, 0.2) is 11.3 Å². The van der Waals surface area contributed by atoms with E-state index in [1.54, 1.807) is 36.5 Å². The van der Waals surface area contributed by atoms with Crippen molar-refractivity contribution in [1.82, 2.24) is 19.6 Å². The van der Waals surface area contributed by atoms with Crippen molar-refractivity contribution >= 4 is 17.4 Å². The predicted octanol–water partition coefficient (Wildman–Crippen LogP) is 2.08. The number of carbonyl (C=O) groups is 1. The van der Waals surface area contributed by atoms with Gasteiger partial charge in [0.25, 0.3) is 5.91 Å². The number of rotatable bonds is 7. The number of nitrogens with one attached hydrogen (secondary N) is 1. The van der Waals surface area contributed by atoms with Gasteiger partial charge in [0.2, 0.25) is 0 Å². The fourth-order valence-corrected chi connectivity index (χ4v) is 3.00. The molecule has 1 amide bonds. The van der Waals surface area contributed by atoms with Crippen molar-refractivity contribution in [2.75, 3.05) is 18.5 Å². The summed E-state index contributed by atoms with van der Waals surface area (Å²) in [5, 5.41) is 25.9. The predicted molar refractivity (Wildman–Crippen MR) is 114 cm³/mol. The lowest BCUT2D eigenvalue weighted by Gasteiger charge is -2.13. The number of aromatic nitrogens is 4. The maximum atomic E-state index is 12.8. The molecule has 3 heterocycles. The SMILES string of the molecule is Cc1ccnc(NC(=O)c2cnc3ccc(-c4ccccc4OC[C@H](O)CO)nn23)c1. The van der Waals surface area contributed by atoms with Crippen molar-refractivity contribution in [3.05, 3.63) is 72.2 Å². The summed E-state index contributed by atoms with van der Waals surface area (Å²) >= 11 is 0. The number of para-hydroxylation sites is 1. The van der Waals surface area contributed by atoms with E-state index in [4.69, 9.17) is 9.84 Å². The van der Waals surface area contributed by atoms with Crippen LogP contribution in [0.25, 0.3) is 16.9 Å². The number of ether oxygens (including phenoxy) is 1. The number of aryl methyl sites for hydroxylation is 1. The summed E-state index contributed by atoms with van der Waals surface area (Å²) in [7, 11) is 0. The maximum Gasteiger partial charge on any atom is 0.277 e. The minimum Gasteiger partial charge on any atom is -0.490 e. The highest BCUT2D eigenvalue weighted by Crippen LogP contribution is 2.28. The topological polar surface area (TPSA) is 122 Å². The molecule has 0 radical (unpaired) electrons. The highest BCUT2D eigenvalue weighted by molar-refractivity contribution is 6.02. The number of nitrogens with zero attached hydrogens (tertiary/aromatic N) is 4. The first-order valence-corrected chi connectivity index (χ1v) is 9.65. The zero-order valence-corrected chi connectivity index (χ0v) is 16.8. The molecule has 0 aliphatic heterocycles. The van der Waals surface area contributed by atoms with Gasteiger partial charge in [0.05, 0.1) is 18.5 Å². The molecule has 31 heavy (non-hydrogen) atoms. The second kappa shape index (κ2) is 8.90. The molecule has 4 rings (SSSR count). The van der Waals surface area contributed by atoms with Crippen LogP contribution in [0.2, 0.25) is 0 Å². The molecule has 0 saturated heterocycles. The Morgan fingerprint density at radius 3 is 2.84 bits per heavy atom. The molecule has 1 atom stereocenters. The molecular formula is C22H21N5O4. The van der Waals surface area contributed by atoms with E-state index >= 15 is 0 Å². The zero-order valence-electron chi connectivity index (χ0n) is 16.8. The number of aliphatic hydroxyl groups excluding tert-OH is 2. The van der Waals surface area contributed by atoms with Gasteiger partial charge in [-0.1, -0.05) is 12.1 Å². The van der Waals surface area contributed by atoms with E-state index in [1.165, 1.54) is 10.7 Å². The smallest absolute Gasteiger partial charge is 0.277 e. The Hall–Kier alpha value is -3.82. The van der Waals surface area contributed by atoms with E-state index in [-0.39, 0.29) is 18.2 Å². The van der Waals surface area contributed by atoms with Crippen LogP contribution in [0.3, 0.4) is 0 Å². The summed E-state index contributed by atoms with van der Waals surface area (Å²) in [5.41, 5.74) is 2.98. The van der Waals surface area contributed by atoms with Gasteiger partial charge in [-0.25, -0.2) is 14.5 Å². The van der Waals surface area contributed by atoms with Crippen LogP contribution in [0, 0.1) is 6.92 Å². The molecule has 0 spiro atoms. The van der Waals surface area contributed by atoms with Gasteiger partial charge in [-0.3, -0.25) is 4.79 Å². The number of benzene rings is 1. The summed E-state index contributed by atoms with van der Waals surface area (Å²) in [6, 6.07) is 14.3. The number of anilines is 1. The van der Waals surface area contributed by atoms with Crippen molar-refractivity contribution in [3.8, 4) is 17.0 Å². The van der Waals surface area contributed by atoms with Crippen LogP contribution in [0.4, 0.5) is 5.82 Å². The van der Waals surface area contributed by atoms with Crippen LogP contribution in [-0.4, -0.2) is 55.0 Å². The van der Waals surface area contributed by atoms with Crippen LogP contribution in [0.5, 0.6) is 5.75 Å². The highest BCUT2D eigenvalue weighted by Gasteiger charge is 2.16. The summed E-state index contributed by atoms with van der Waals surface area (Å²) in [5.74, 6) is 0.556. The molecule has 9 nitrogen and oxygen atoms in total. The molecule has 0 saturated carbocycles. The lowest BCUT2D eigenvalue weighted by Crippen LogP contribution is -2.21. The summed E-state index contributed by atoms with van der Waals surface area (Å²) < 4.78 is 7.10. The van der Waals surface area contributed by atoms with E-state index in [2.05, 4.69) is 20.4 Å². The summed E-state index contributed by atoms with van der Waals surface area (Å²) in [4.78, 5) is 21.2. The van der Waals surface area contributed by atoms with E-state index < -0.39 is 12.7 Å². The Balaban J connectivity index is 1.65. The van der Waals surface area contributed by atoms with Gasteiger partial charge in [-0.15, -0.1) is 0 Å². The molecule has 0 unspecified atom stereocenters. The van der Waals surface area contributed by atoms with Gasteiger partial charge >= 0.3 is 0 Å². The number of fused-ring (bicyclic) bond motifs is 1. The number of imidazole rings is 1. The molecule has 4 aromatic rings. The molecule has 0 bridgehead atoms. The average molecular weight is 419 g/mol. The lowest BCUT2D eigenvalue weighted by molar-refractivity contribution is 0.0538. The Bertz CT molecular complexity index is 1220. The van der Waals surface area contributed by atoms with Crippen molar-refractivity contribution in [2.45, 2.75) is 13.0 Å². The van der Waals surface area contributed by atoms with Gasteiger partial charge in [-0.2, -0.15) is 5.10 Å². The molecule has 9 heteroatoms. The summed E-state index contributed by atoms with van der Waals surface area (Å²) in [6.45, 7) is 1.46. The number of hydrogen-bond acceptors (Lipinski definition) is 7. The monoisotopic (exact) mass is 419 g/mol. The normalized spacial score (nSPS) is 12.0. The van der Waals surface area contributed by atoms with Crippen molar-refractivity contribution in [1.29, 1.82) is 0 Å². The Morgan fingerprint density at radius 2 is 2.03 bits per heavy atom. The quantitative estimate of drug-likeness (QED) is 0.419. The van der Waals surface area contributed by atoms with Crippen LogP contribution >= 0.6 is 0 Å². The second-order valence-corrected chi connectivity index (χ2v) is 6.95. The van der Waals surface area contributed by atoms with Crippen LogP contribution in [0.15, 0.2) is 60.9 Å². The van der Waals surface area contributed by atoms with Gasteiger partial charge in [0.1, 0.15) is 24.3 Å². The Morgan fingerprint density at radius 1 is 1.19 bits per heavy atom. The fraction of sp³-hybridized carbons (Fsp3) is 0.182. The Kier molecular flexibility index (Phi) is 5.87. The van der Waals surface area contributed by atoms with Crippen LogP contribution in [0.1, 0.15) is 16.1 Å². The minimum absolute atomic E-state index is 0.0576. The van der Waals surface area contributed by atoms with Crippen LogP contribution in [-0.2, 0) is 0 Å². The minimum atomic E-state index is -0.984. The maximum absolute atomic E-state index is 12.8. The summed E-state index contributed by atoms with van der Waals surface area (Å²) in [6.07, 6.45) is 2.10. The third-order valence-corrected chi connectivity index (χ3v) is 4.56. The molecule has 0 aliphatic carbocycles. The molecule has 3 N–H and O–H groups in total. The zero-order chi connectivity index (χ0) is 21.8. The van der Waals surface area contributed by atoms with Crippen molar-refractivity contribution in [3.63, 3.8) is 0 Å². The third-order valence-electron chi connectivity index (χ3n) is 4.56. The number of carbonyl (C=O) groups excluding carboxylic acids is 1. The highest BCUT2D eigenvalue weighted by atomic mass is 16.5. The van der Waals surface area contributed by atoms with E-state index in [0.717, 1.165) is 5.56 Å². The average Bonchev–Trinajstić information content (AvgIpc) is 3.21. The standard InChI is InChI=1S/C22H21N5O4/c1-14-8-9-23-20(10-14)25-22(30)18-11-24-21-7-6-17(26-27(18)21)16-4-2-3-5-19(16)31-13-15(29)12-28/h2-11,15,28-29H,12-13H2,1H3,(H,23,25,30)/t15-/m1/s1. The van der Waals surface area contributed by atoms with Crippen molar-refractivity contribution in [2.24, 2.45) is 0 Å². The lowest BCUT2D eigenvalue weighted by atomic mass is 10.1. The second-order valence-electron chi connectivity index (χ2n) is 6.95.